The molecule has 0 aliphatic carbocycles. The molecule has 0 aromatic heterocycles. The maximum absolute atomic E-state index is 13.4. The van der Waals surface area contributed by atoms with Gasteiger partial charge in [0.2, 0.25) is 10.0 Å². The highest BCUT2D eigenvalue weighted by atomic mass is 32.2. The molecule has 36 heavy (non-hydrogen) atoms. The molecule has 0 aromatic rings. The second-order valence-corrected chi connectivity index (χ2v) is 11.5. The van der Waals surface area contributed by atoms with E-state index in [0.717, 1.165) is 37.0 Å². The average Bonchev–Trinajstić information content (AvgIpc) is 3.40. The van der Waals surface area contributed by atoms with Crippen LogP contribution in [0.2, 0.25) is 0 Å². The molecule has 2 fully saturated rings. The number of methoxy groups -OCH3 is 1. The van der Waals surface area contributed by atoms with Gasteiger partial charge in [0.25, 0.3) is 0 Å². The van der Waals surface area contributed by atoms with Crippen LogP contribution in [0, 0.1) is 5.92 Å². The lowest BCUT2D eigenvalue weighted by atomic mass is 10.0. The van der Waals surface area contributed by atoms with Crippen molar-refractivity contribution in [2.45, 2.75) is 46.0 Å². The van der Waals surface area contributed by atoms with E-state index in [2.05, 4.69) is 29.7 Å². The number of ether oxygens (including phenoxy) is 2. The van der Waals surface area contributed by atoms with Crippen LogP contribution >= 0.6 is 0 Å². The van der Waals surface area contributed by atoms with Crippen LogP contribution in [-0.2, 0) is 19.5 Å². The Hall–Kier alpha value is -1.77. The molecule has 0 atom stereocenters. The summed E-state index contributed by atoms with van der Waals surface area (Å²) in [5.74, 6) is 0.305. The van der Waals surface area contributed by atoms with E-state index in [1.54, 1.807) is 30.5 Å². The molecule has 0 bridgehead atoms. The third kappa shape index (κ3) is 10.3. The van der Waals surface area contributed by atoms with E-state index in [1.165, 1.54) is 25.9 Å². The van der Waals surface area contributed by atoms with Crippen molar-refractivity contribution in [3.05, 3.63) is 71.2 Å². The highest BCUT2D eigenvalue weighted by Crippen LogP contribution is 2.22. The fourth-order valence-electron chi connectivity index (χ4n) is 4.46. The maximum atomic E-state index is 13.4. The molecule has 7 heteroatoms. The molecule has 0 spiro atoms. The molecule has 2 rings (SSSR count). The first kappa shape index (κ1) is 30.5. The topological polar surface area (TPSA) is 59.1 Å². The Balaban J connectivity index is 2.14. The van der Waals surface area contributed by atoms with Crippen molar-refractivity contribution >= 4 is 10.0 Å². The van der Waals surface area contributed by atoms with Crippen LogP contribution in [0.25, 0.3) is 0 Å². The van der Waals surface area contributed by atoms with E-state index in [-0.39, 0.29) is 0 Å². The van der Waals surface area contributed by atoms with Crippen molar-refractivity contribution < 1.29 is 17.9 Å². The minimum atomic E-state index is -3.61. The summed E-state index contributed by atoms with van der Waals surface area (Å²) in [4.78, 5) is 2.81. The summed E-state index contributed by atoms with van der Waals surface area (Å²) >= 11 is 0. The Morgan fingerprint density at radius 2 is 1.86 bits per heavy atom. The van der Waals surface area contributed by atoms with Crippen molar-refractivity contribution in [3.63, 3.8) is 0 Å². The standard InChI is InChI=1S/C29H46N2O4S/c1-5-12-29(13-8-7-9-18-30-19-10-11-20-30)28(6-2)15-14-26(3)36(32,33)31(21-24-34-4)25-27-16-22-35-23-17-27/h5-8,12-15,27H,2,9-11,16-25H2,1,3-4H3/b8-7+,12-5-,26-14+,28-15+,29-13+. The van der Waals surface area contributed by atoms with Gasteiger partial charge in [-0.3, -0.25) is 0 Å². The van der Waals surface area contributed by atoms with Gasteiger partial charge in [-0.2, -0.15) is 4.31 Å². The summed E-state index contributed by atoms with van der Waals surface area (Å²) in [5, 5.41) is 0. The lowest BCUT2D eigenvalue weighted by Gasteiger charge is -2.29. The largest absolute Gasteiger partial charge is 0.383 e. The van der Waals surface area contributed by atoms with Crippen molar-refractivity contribution in [1.82, 2.24) is 9.21 Å². The molecular formula is C29H46N2O4S. The molecule has 0 radical (unpaired) electrons. The Morgan fingerprint density at radius 3 is 2.50 bits per heavy atom. The molecule has 2 heterocycles. The number of hydrogen-bond donors (Lipinski definition) is 0. The van der Waals surface area contributed by atoms with Crippen LogP contribution in [0.3, 0.4) is 0 Å². The number of rotatable bonds is 15. The Morgan fingerprint density at radius 1 is 1.14 bits per heavy atom. The van der Waals surface area contributed by atoms with Gasteiger partial charge in [-0.05, 0) is 82.2 Å². The van der Waals surface area contributed by atoms with Gasteiger partial charge in [0, 0.05) is 40.0 Å². The zero-order valence-corrected chi connectivity index (χ0v) is 23.3. The molecule has 2 aliphatic heterocycles. The molecule has 202 valence electrons. The van der Waals surface area contributed by atoms with E-state index in [0.29, 0.717) is 43.7 Å². The third-order valence-corrected chi connectivity index (χ3v) is 8.68. The lowest BCUT2D eigenvalue weighted by Crippen LogP contribution is -2.39. The van der Waals surface area contributed by atoms with E-state index in [9.17, 15) is 8.42 Å². The molecule has 2 saturated heterocycles. The van der Waals surface area contributed by atoms with E-state index in [1.807, 2.05) is 25.2 Å². The second-order valence-electron chi connectivity index (χ2n) is 9.40. The van der Waals surface area contributed by atoms with Crippen LogP contribution in [-0.4, -0.2) is 77.3 Å². The number of sulfonamides is 1. The predicted octanol–water partition coefficient (Wildman–Crippen LogP) is 5.25. The molecule has 0 unspecified atom stereocenters. The highest BCUT2D eigenvalue weighted by molar-refractivity contribution is 7.93. The second kappa shape index (κ2) is 16.9. The quantitative estimate of drug-likeness (QED) is 0.277. The van der Waals surface area contributed by atoms with Gasteiger partial charge in [-0.25, -0.2) is 8.42 Å². The molecule has 6 nitrogen and oxygen atoms in total. The summed E-state index contributed by atoms with van der Waals surface area (Å²) in [5.41, 5.74) is 1.87. The number of nitrogens with zero attached hydrogens (tertiary/aromatic N) is 2. The molecule has 0 N–H and O–H groups in total. The van der Waals surface area contributed by atoms with Crippen LogP contribution < -0.4 is 0 Å². The van der Waals surface area contributed by atoms with Crippen LogP contribution in [0.5, 0.6) is 0 Å². The van der Waals surface area contributed by atoms with Gasteiger partial charge in [0.15, 0.2) is 0 Å². The van der Waals surface area contributed by atoms with Gasteiger partial charge in [0.1, 0.15) is 0 Å². The normalized spacial score (nSPS) is 19.8. The molecule has 2 aliphatic rings. The summed E-state index contributed by atoms with van der Waals surface area (Å²) < 4.78 is 39.1. The predicted molar refractivity (Wildman–Crippen MR) is 150 cm³/mol. The average molecular weight is 519 g/mol. The Bertz CT molecular complexity index is 919. The van der Waals surface area contributed by atoms with Gasteiger partial charge in [-0.15, -0.1) is 0 Å². The van der Waals surface area contributed by atoms with Crippen molar-refractivity contribution in [2.24, 2.45) is 5.92 Å². The minimum absolute atomic E-state index is 0.305. The molecule has 0 saturated carbocycles. The van der Waals surface area contributed by atoms with Crippen molar-refractivity contribution in [2.75, 3.05) is 59.7 Å². The summed E-state index contributed by atoms with van der Waals surface area (Å²) in [6, 6.07) is 0. The number of likely N-dealkylation sites (tertiary alicyclic amines) is 1. The van der Waals surface area contributed by atoms with Crippen LogP contribution in [0.4, 0.5) is 0 Å². The fourth-order valence-corrected chi connectivity index (χ4v) is 5.83. The van der Waals surface area contributed by atoms with E-state index in [4.69, 9.17) is 9.47 Å². The number of hydrogen-bond acceptors (Lipinski definition) is 5. The van der Waals surface area contributed by atoms with Gasteiger partial charge >= 0.3 is 0 Å². The molecule has 0 aromatic carbocycles. The van der Waals surface area contributed by atoms with Crippen molar-refractivity contribution in [3.8, 4) is 0 Å². The van der Waals surface area contributed by atoms with E-state index < -0.39 is 10.0 Å². The highest BCUT2D eigenvalue weighted by Gasteiger charge is 2.27. The SMILES string of the molecule is C=CC(=C\C=C(/C)S(=O)(=O)N(CCOC)CC1CCOCC1)/C(/C=C\C)=C/C=C/CCN1CCCC1. The molecule has 0 amide bonds. The fraction of sp³-hybridized carbons (Fsp3) is 0.586. The van der Waals surface area contributed by atoms with Gasteiger partial charge in [0.05, 0.1) is 11.5 Å². The first-order chi connectivity index (χ1) is 17.4. The first-order valence-corrected chi connectivity index (χ1v) is 14.7. The van der Waals surface area contributed by atoms with Gasteiger partial charge in [-0.1, -0.05) is 49.1 Å². The lowest BCUT2D eigenvalue weighted by molar-refractivity contribution is 0.0587. The van der Waals surface area contributed by atoms with Gasteiger partial charge < -0.3 is 14.4 Å². The smallest absolute Gasteiger partial charge is 0.239 e. The minimum Gasteiger partial charge on any atom is -0.383 e. The summed E-state index contributed by atoms with van der Waals surface area (Å²) in [6.45, 7) is 13.7. The monoisotopic (exact) mass is 518 g/mol. The Labute approximate surface area is 219 Å². The summed E-state index contributed by atoms with van der Waals surface area (Å²) in [6.07, 6.45) is 21.0. The third-order valence-electron chi connectivity index (χ3n) is 6.71. The maximum Gasteiger partial charge on any atom is 0.239 e. The number of allylic oxidation sites excluding steroid dienone is 10. The van der Waals surface area contributed by atoms with E-state index >= 15 is 0 Å². The van der Waals surface area contributed by atoms with Crippen LogP contribution in [0.1, 0.15) is 46.0 Å². The summed E-state index contributed by atoms with van der Waals surface area (Å²) in [7, 11) is -2.01. The zero-order valence-electron chi connectivity index (χ0n) is 22.5. The zero-order chi connectivity index (χ0) is 26.2. The first-order valence-electron chi connectivity index (χ1n) is 13.2. The van der Waals surface area contributed by atoms with Crippen LogP contribution in [0.15, 0.2) is 71.2 Å². The molecular weight excluding hydrogens is 472 g/mol. The Kier molecular flexibility index (Phi) is 14.3. The van der Waals surface area contributed by atoms with Crippen molar-refractivity contribution in [1.29, 1.82) is 0 Å².